The lowest BCUT2D eigenvalue weighted by Gasteiger charge is -2.25. The molecule has 0 aliphatic carbocycles. The Kier molecular flexibility index (Phi) is 5.87. The predicted molar refractivity (Wildman–Crippen MR) is 59.1 cm³/mol. The standard InChI is InChI=1S/C10H18N4O2/c1-3-15-10(16-4-2)9(14-11)8-5-12-7-13-6-8/h5-7,9-10,14H,3-4,11H2,1-2H3. The predicted octanol–water partition coefficient (Wildman–Crippen LogP) is 0.380. The first-order valence-corrected chi connectivity index (χ1v) is 5.27. The molecule has 6 nitrogen and oxygen atoms in total. The molecule has 16 heavy (non-hydrogen) atoms. The van der Waals surface area contributed by atoms with Gasteiger partial charge in [-0.1, -0.05) is 0 Å². The van der Waals surface area contributed by atoms with E-state index in [9.17, 15) is 0 Å². The molecule has 0 aliphatic rings. The number of hydrazine groups is 1. The van der Waals surface area contributed by atoms with Crippen LogP contribution in [0.25, 0.3) is 0 Å². The maximum absolute atomic E-state index is 5.50. The Bertz CT molecular complexity index is 277. The second kappa shape index (κ2) is 7.24. The highest BCUT2D eigenvalue weighted by molar-refractivity contribution is 5.09. The molecule has 1 unspecified atom stereocenters. The normalized spacial score (nSPS) is 13.0. The number of aromatic nitrogens is 2. The fourth-order valence-corrected chi connectivity index (χ4v) is 1.37. The van der Waals surface area contributed by atoms with Gasteiger partial charge in [-0.05, 0) is 13.8 Å². The van der Waals surface area contributed by atoms with Crippen LogP contribution in [0.5, 0.6) is 0 Å². The van der Waals surface area contributed by atoms with E-state index < -0.39 is 6.29 Å². The minimum absolute atomic E-state index is 0.277. The summed E-state index contributed by atoms with van der Waals surface area (Å²) < 4.78 is 10.9. The second-order valence-corrected chi connectivity index (χ2v) is 3.10. The molecule has 0 fully saturated rings. The fraction of sp³-hybridized carbons (Fsp3) is 0.600. The first kappa shape index (κ1) is 13.0. The van der Waals surface area contributed by atoms with E-state index in [1.807, 2.05) is 13.8 Å². The first-order chi connectivity index (χ1) is 7.83. The van der Waals surface area contributed by atoms with E-state index in [0.717, 1.165) is 5.56 Å². The average molecular weight is 226 g/mol. The number of nitrogens with two attached hydrogens (primary N) is 1. The van der Waals surface area contributed by atoms with Crippen LogP contribution in [0.15, 0.2) is 18.7 Å². The van der Waals surface area contributed by atoms with Crippen molar-refractivity contribution in [1.82, 2.24) is 15.4 Å². The van der Waals surface area contributed by atoms with E-state index in [2.05, 4.69) is 15.4 Å². The van der Waals surface area contributed by atoms with E-state index in [-0.39, 0.29) is 6.04 Å². The van der Waals surface area contributed by atoms with Crippen molar-refractivity contribution in [2.45, 2.75) is 26.2 Å². The maximum atomic E-state index is 5.50. The SMILES string of the molecule is CCOC(OCC)C(NN)c1cncnc1. The summed E-state index contributed by atoms with van der Waals surface area (Å²) in [6.07, 6.45) is 4.39. The Morgan fingerprint density at radius 2 is 1.81 bits per heavy atom. The second-order valence-electron chi connectivity index (χ2n) is 3.10. The topological polar surface area (TPSA) is 82.3 Å². The van der Waals surface area contributed by atoms with Gasteiger partial charge in [-0.2, -0.15) is 0 Å². The molecule has 1 aromatic rings. The Morgan fingerprint density at radius 1 is 1.25 bits per heavy atom. The van der Waals surface area contributed by atoms with Crippen LogP contribution in [-0.2, 0) is 9.47 Å². The van der Waals surface area contributed by atoms with Crippen LogP contribution in [0.2, 0.25) is 0 Å². The quantitative estimate of drug-likeness (QED) is 0.397. The van der Waals surface area contributed by atoms with E-state index in [4.69, 9.17) is 15.3 Å². The van der Waals surface area contributed by atoms with Crippen LogP contribution in [0.3, 0.4) is 0 Å². The summed E-state index contributed by atoms with van der Waals surface area (Å²) >= 11 is 0. The molecule has 1 atom stereocenters. The summed E-state index contributed by atoms with van der Waals surface area (Å²) in [7, 11) is 0. The minimum Gasteiger partial charge on any atom is -0.351 e. The molecule has 1 rings (SSSR count). The molecule has 1 heterocycles. The summed E-state index contributed by atoms with van der Waals surface area (Å²) in [5.74, 6) is 5.50. The van der Waals surface area contributed by atoms with Crippen molar-refractivity contribution >= 4 is 0 Å². The molecule has 0 saturated carbocycles. The van der Waals surface area contributed by atoms with E-state index >= 15 is 0 Å². The fourth-order valence-electron chi connectivity index (χ4n) is 1.37. The molecule has 0 bridgehead atoms. The van der Waals surface area contributed by atoms with Gasteiger partial charge in [0.15, 0.2) is 6.29 Å². The first-order valence-electron chi connectivity index (χ1n) is 5.27. The third kappa shape index (κ3) is 3.49. The van der Waals surface area contributed by atoms with Crippen LogP contribution in [0, 0.1) is 0 Å². The zero-order valence-electron chi connectivity index (χ0n) is 9.59. The van der Waals surface area contributed by atoms with Gasteiger partial charge in [0.05, 0.1) is 6.04 Å². The summed E-state index contributed by atoms with van der Waals surface area (Å²) in [5, 5.41) is 0. The van der Waals surface area contributed by atoms with Crippen molar-refractivity contribution < 1.29 is 9.47 Å². The van der Waals surface area contributed by atoms with Crippen LogP contribution < -0.4 is 11.3 Å². The number of nitrogens with one attached hydrogen (secondary N) is 1. The number of nitrogens with zero attached hydrogens (tertiary/aromatic N) is 2. The molecule has 0 aromatic carbocycles. The van der Waals surface area contributed by atoms with Crippen molar-refractivity contribution in [3.63, 3.8) is 0 Å². The van der Waals surface area contributed by atoms with Gasteiger partial charge in [0.1, 0.15) is 6.33 Å². The van der Waals surface area contributed by atoms with Crippen molar-refractivity contribution in [1.29, 1.82) is 0 Å². The largest absolute Gasteiger partial charge is 0.351 e. The molecule has 1 aromatic heterocycles. The zero-order chi connectivity index (χ0) is 11.8. The molecule has 0 spiro atoms. The Labute approximate surface area is 95.1 Å². The minimum atomic E-state index is -0.439. The molecule has 90 valence electrons. The molecular weight excluding hydrogens is 208 g/mol. The van der Waals surface area contributed by atoms with Crippen LogP contribution in [-0.4, -0.2) is 29.5 Å². The summed E-state index contributed by atoms with van der Waals surface area (Å²) in [6.45, 7) is 4.91. The number of hydrogen-bond donors (Lipinski definition) is 2. The van der Waals surface area contributed by atoms with Crippen molar-refractivity contribution in [2.24, 2.45) is 5.84 Å². The van der Waals surface area contributed by atoms with Crippen LogP contribution in [0.4, 0.5) is 0 Å². The average Bonchev–Trinajstić information content (AvgIpc) is 2.32. The zero-order valence-corrected chi connectivity index (χ0v) is 9.59. The molecular formula is C10H18N4O2. The third-order valence-electron chi connectivity index (χ3n) is 2.05. The third-order valence-corrected chi connectivity index (χ3v) is 2.05. The molecule has 0 saturated heterocycles. The molecule has 3 N–H and O–H groups in total. The smallest absolute Gasteiger partial charge is 0.178 e. The highest BCUT2D eigenvalue weighted by Gasteiger charge is 2.23. The van der Waals surface area contributed by atoms with Gasteiger partial charge in [0.2, 0.25) is 0 Å². The van der Waals surface area contributed by atoms with Gasteiger partial charge >= 0.3 is 0 Å². The molecule has 0 radical (unpaired) electrons. The maximum Gasteiger partial charge on any atom is 0.178 e. The van der Waals surface area contributed by atoms with Crippen LogP contribution >= 0.6 is 0 Å². The highest BCUT2D eigenvalue weighted by atomic mass is 16.7. The number of rotatable bonds is 7. The molecule has 0 amide bonds. The molecule has 6 heteroatoms. The summed E-state index contributed by atoms with van der Waals surface area (Å²) in [5.41, 5.74) is 3.49. The van der Waals surface area contributed by atoms with E-state index in [1.54, 1.807) is 12.4 Å². The summed E-state index contributed by atoms with van der Waals surface area (Å²) in [6, 6.07) is -0.277. The lowest BCUT2D eigenvalue weighted by molar-refractivity contribution is -0.155. The van der Waals surface area contributed by atoms with E-state index in [0.29, 0.717) is 13.2 Å². The van der Waals surface area contributed by atoms with Gasteiger partial charge in [0.25, 0.3) is 0 Å². The van der Waals surface area contributed by atoms with Gasteiger partial charge in [-0.15, -0.1) is 0 Å². The number of ether oxygens (including phenoxy) is 2. The van der Waals surface area contributed by atoms with Crippen LogP contribution in [0.1, 0.15) is 25.5 Å². The Morgan fingerprint density at radius 3 is 2.25 bits per heavy atom. The summed E-state index contributed by atoms with van der Waals surface area (Å²) in [4.78, 5) is 7.88. The van der Waals surface area contributed by atoms with Crippen molar-refractivity contribution in [2.75, 3.05) is 13.2 Å². The van der Waals surface area contributed by atoms with Gasteiger partial charge in [-0.3, -0.25) is 5.84 Å². The lowest BCUT2D eigenvalue weighted by atomic mass is 10.1. The van der Waals surface area contributed by atoms with Crippen molar-refractivity contribution in [3.05, 3.63) is 24.3 Å². The highest BCUT2D eigenvalue weighted by Crippen LogP contribution is 2.17. The van der Waals surface area contributed by atoms with Gasteiger partial charge < -0.3 is 9.47 Å². The van der Waals surface area contributed by atoms with Gasteiger partial charge in [-0.25, -0.2) is 15.4 Å². The van der Waals surface area contributed by atoms with E-state index in [1.165, 1.54) is 6.33 Å². The number of hydrogen-bond acceptors (Lipinski definition) is 6. The molecule has 0 aliphatic heterocycles. The Hall–Kier alpha value is -1.08. The van der Waals surface area contributed by atoms with Gasteiger partial charge in [0, 0.05) is 31.2 Å². The monoisotopic (exact) mass is 226 g/mol. The lowest BCUT2D eigenvalue weighted by Crippen LogP contribution is -2.39. The Balaban J connectivity index is 2.77. The van der Waals surface area contributed by atoms with Crippen molar-refractivity contribution in [3.8, 4) is 0 Å².